The van der Waals surface area contributed by atoms with Crippen LogP contribution in [0.5, 0.6) is 0 Å². The molecular formula is C4H7NO2S2. The summed E-state index contributed by atoms with van der Waals surface area (Å²) in [5.41, 5.74) is 0. The Morgan fingerprint density at radius 3 is 2.67 bits per heavy atom. The van der Waals surface area contributed by atoms with Crippen LogP contribution in [-0.4, -0.2) is 14.5 Å². The fourth-order valence-corrected chi connectivity index (χ4v) is 1.20. The molecular weight excluding hydrogens is 158 g/mol. The molecule has 0 aromatic carbocycles. The topological polar surface area (TPSA) is 61.1 Å². The van der Waals surface area contributed by atoms with Gasteiger partial charge in [0.2, 0.25) is 0 Å². The first-order valence-corrected chi connectivity index (χ1v) is 4.99. The number of rotatable bonds is 3. The highest BCUT2D eigenvalue weighted by atomic mass is 32.8. The van der Waals surface area contributed by atoms with Crippen molar-refractivity contribution in [2.45, 2.75) is 12.8 Å². The summed E-state index contributed by atoms with van der Waals surface area (Å²) >= 11 is 4.17. The molecule has 0 fully saturated rings. The molecule has 9 heavy (non-hydrogen) atoms. The molecule has 0 aliphatic rings. The number of hydrogen-bond donors (Lipinski definition) is 1. The first-order valence-electron chi connectivity index (χ1n) is 2.38. The zero-order valence-corrected chi connectivity index (χ0v) is 6.37. The Bertz CT molecular complexity index is 201. The lowest BCUT2D eigenvalue weighted by molar-refractivity contribution is 0.559. The third-order valence-corrected chi connectivity index (χ3v) is 2.00. The van der Waals surface area contributed by atoms with E-state index in [1.54, 1.807) is 0 Å². The maximum absolute atomic E-state index is 10.3. The molecule has 0 radical (unpaired) electrons. The monoisotopic (exact) mass is 165 g/mol. The van der Waals surface area contributed by atoms with Crippen LogP contribution < -0.4 is 0 Å². The number of hydrogen-bond acceptors (Lipinski definition) is 3. The van der Waals surface area contributed by atoms with Crippen molar-refractivity contribution in [2.75, 3.05) is 5.75 Å². The van der Waals surface area contributed by atoms with Gasteiger partial charge < -0.3 is 4.55 Å². The lowest BCUT2D eigenvalue weighted by Crippen LogP contribution is -2.00. The van der Waals surface area contributed by atoms with Crippen LogP contribution in [0.4, 0.5) is 0 Å². The zero-order valence-electron chi connectivity index (χ0n) is 4.74. The normalized spacial score (nSPS) is 16.0. The van der Waals surface area contributed by atoms with Crippen LogP contribution >= 0.6 is 0 Å². The van der Waals surface area contributed by atoms with Crippen LogP contribution in [-0.2, 0) is 20.0 Å². The summed E-state index contributed by atoms with van der Waals surface area (Å²) in [7, 11) is -3.01. The Hall–Kier alpha value is -0.180. The highest BCUT2D eigenvalue weighted by molar-refractivity contribution is 8.29. The number of unbranched alkanes of at least 4 members (excludes halogenated alkanes) is 1. The molecule has 0 aromatic heterocycles. The SMILES string of the molecule is N#CCCCS(=O)(O)=S. The molecule has 0 aromatic rings. The first-order chi connectivity index (χ1) is 4.06. The van der Waals surface area contributed by atoms with Crippen molar-refractivity contribution in [3.05, 3.63) is 0 Å². The minimum atomic E-state index is -3.01. The molecule has 1 unspecified atom stereocenters. The minimum absolute atomic E-state index is 0.0515. The smallest absolute Gasteiger partial charge is 0.141 e. The molecule has 0 aliphatic heterocycles. The van der Waals surface area contributed by atoms with Crippen molar-refractivity contribution in [1.29, 1.82) is 5.26 Å². The predicted molar refractivity (Wildman–Crippen MR) is 37.9 cm³/mol. The molecule has 0 amide bonds. The van der Waals surface area contributed by atoms with Crippen LogP contribution in [0.25, 0.3) is 0 Å². The summed E-state index contributed by atoms with van der Waals surface area (Å²) in [6, 6.07) is 1.86. The maximum atomic E-state index is 10.3. The fraction of sp³-hybridized carbons (Fsp3) is 0.750. The van der Waals surface area contributed by atoms with Gasteiger partial charge in [0.05, 0.1) is 11.8 Å². The van der Waals surface area contributed by atoms with Gasteiger partial charge in [-0.05, 0) is 6.42 Å². The molecule has 0 saturated heterocycles. The second kappa shape index (κ2) is 3.77. The quantitative estimate of drug-likeness (QED) is 0.619. The molecule has 0 saturated carbocycles. The largest absolute Gasteiger partial charge is 0.306 e. The van der Waals surface area contributed by atoms with E-state index >= 15 is 0 Å². The summed E-state index contributed by atoms with van der Waals surface area (Å²) < 4.78 is 18.8. The van der Waals surface area contributed by atoms with Crippen molar-refractivity contribution in [3.8, 4) is 6.07 Å². The Balaban J connectivity index is 3.44. The van der Waals surface area contributed by atoms with Gasteiger partial charge in [0.25, 0.3) is 0 Å². The first kappa shape index (κ1) is 8.82. The van der Waals surface area contributed by atoms with E-state index in [-0.39, 0.29) is 5.75 Å². The average molecular weight is 165 g/mol. The van der Waals surface area contributed by atoms with Crippen molar-refractivity contribution in [2.24, 2.45) is 0 Å². The minimum Gasteiger partial charge on any atom is -0.306 e. The summed E-state index contributed by atoms with van der Waals surface area (Å²) in [4.78, 5) is 0. The van der Waals surface area contributed by atoms with Crippen molar-refractivity contribution >= 4 is 20.0 Å². The van der Waals surface area contributed by atoms with Crippen molar-refractivity contribution in [1.82, 2.24) is 0 Å². The van der Waals surface area contributed by atoms with E-state index in [1.165, 1.54) is 0 Å². The van der Waals surface area contributed by atoms with E-state index in [2.05, 4.69) is 11.2 Å². The Labute approximate surface area is 59.2 Å². The van der Waals surface area contributed by atoms with Gasteiger partial charge in [0.15, 0.2) is 0 Å². The standard InChI is InChI=1S/C4H7NO2S2/c5-3-1-2-4-9(6,7)8/h1-2,4H2,(H,6,7,8). The molecule has 5 heteroatoms. The van der Waals surface area contributed by atoms with Crippen molar-refractivity contribution < 1.29 is 8.76 Å². The fourth-order valence-electron chi connectivity index (χ4n) is 0.334. The number of nitrogens with zero attached hydrogens (tertiary/aromatic N) is 1. The second-order valence-electron chi connectivity index (χ2n) is 1.55. The number of nitriles is 1. The van der Waals surface area contributed by atoms with Gasteiger partial charge in [0, 0.05) is 17.6 Å². The van der Waals surface area contributed by atoms with Gasteiger partial charge in [-0.2, -0.15) is 5.26 Å². The zero-order chi connectivity index (χ0) is 7.33. The van der Waals surface area contributed by atoms with Gasteiger partial charge in [-0.25, -0.2) is 4.21 Å². The molecule has 0 rings (SSSR count). The molecule has 1 atom stereocenters. The van der Waals surface area contributed by atoms with Gasteiger partial charge in [-0.3, -0.25) is 0 Å². The molecule has 0 heterocycles. The van der Waals surface area contributed by atoms with Crippen LogP contribution in [0.2, 0.25) is 0 Å². The molecule has 3 nitrogen and oxygen atoms in total. The summed E-state index contributed by atoms with van der Waals surface area (Å²) in [6.45, 7) is 0. The molecule has 1 N–H and O–H groups in total. The van der Waals surface area contributed by atoms with E-state index in [4.69, 9.17) is 9.81 Å². The predicted octanol–water partition coefficient (Wildman–Crippen LogP) is 0.509. The maximum Gasteiger partial charge on any atom is 0.141 e. The van der Waals surface area contributed by atoms with Gasteiger partial charge in [0.1, 0.15) is 8.77 Å². The Kier molecular flexibility index (Phi) is 3.70. The summed E-state index contributed by atoms with van der Waals surface area (Å²) in [6.07, 6.45) is 0.712. The molecule has 0 spiro atoms. The molecule has 0 aliphatic carbocycles. The van der Waals surface area contributed by atoms with Crippen LogP contribution in [0.3, 0.4) is 0 Å². The average Bonchev–Trinajstić information content (AvgIpc) is 1.63. The lowest BCUT2D eigenvalue weighted by Gasteiger charge is -1.92. The van der Waals surface area contributed by atoms with Gasteiger partial charge >= 0.3 is 0 Å². The van der Waals surface area contributed by atoms with E-state index < -0.39 is 8.77 Å². The second-order valence-corrected chi connectivity index (χ2v) is 4.68. The van der Waals surface area contributed by atoms with Gasteiger partial charge in [-0.15, -0.1) is 0 Å². The van der Waals surface area contributed by atoms with E-state index in [0.717, 1.165) is 0 Å². The van der Waals surface area contributed by atoms with Crippen LogP contribution in [0.1, 0.15) is 12.8 Å². The summed E-state index contributed by atoms with van der Waals surface area (Å²) in [5, 5.41) is 8.00. The van der Waals surface area contributed by atoms with Gasteiger partial charge in [-0.1, -0.05) is 0 Å². The molecule has 0 bridgehead atoms. The van der Waals surface area contributed by atoms with E-state index in [9.17, 15) is 4.21 Å². The Morgan fingerprint density at radius 2 is 2.33 bits per heavy atom. The highest BCUT2D eigenvalue weighted by Crippen LogP contribution is 1.91. The van der Waals surface area contributed by atoms with Crippen LogP contribution in [0.15, 0.2) is 0 Å². The van der Waals surface area contributed by atoms with Crippen LogP contribution in [0, 0.1) is 11.3 Å². The third-order valence-electron chi connectivity index (χ3n) is 0.691. The summed E-state index contributed by atoms with van der Waals surface area (Å²) in [5.74, 6) is 0.0515. The van der Waals surface area contributed by atoms with Crippen molar-refractivity contribution in [3.63, 3.8) is 0 Å². The third kappa shape index (κ3) is 7.82. The lowest BCUT2D eigenvalue weighted by atomic mass is 10.4. The Morgan fingerprint density at radius 1 is 1.78 bits per heavy atom. The highest BCUT2D eigenvalue weighted by Gasteiger charge is 1.97. The van der Waals surface area contributed by atoms with E-state index in [0.29, 0.717) is 12.8 Å². The van der Waals surface area contributed by atoms with E-state index in [1.807, 2.05) is 6.07 Å². The molecule has 52 valence electrons.